The molecular formula is C67H52N2. The van der Waals surface area contributed by atoms with Crippen molar-refractivity contribution in [2.75, 3.05) is 4.90 Å². The zero-order chi connectivity index (χ0) is 46.1. The SMILES string of the molecule is CC1C=C(N(c2ccc(-c3cccc(-c4ccccc4)c3)cc2)c2cccc(-c3cccc(-c4cccc5c4c4ccccc4n5C4=CCCC=C4)c3)c2)C=CC1c1cccc(-c2ccccc2)c1. The largest absolute Gasteiger partial charge is 0.311 e. The van der Waals surface area contributed by atoms with Gasteiger partial charge in [0, 0.05) is 39.5 Å². The Morgan fingerprint density at radius 2 is 1.00 bits per heavy atom. The second-order valence-electron chi connectivity index (χ2n) is 18.4. The van der Waals surface area contributed by atoms with E-state index in [1.165, 1.54) is 88.7 Å². The molecule has 0 amide bonds. The van der Waals surface area contributed by atoms with Crippen LogP contribution in [0.4, 0.5) is 11.4 Å². The van der Waals surface area contributed by atoms with Crippen LogP contribution < -0.4 is 4.90 Å². The zero-order valence-electron chi connectivity index (χ0n) is 38.8. The second kappa shape index (κ2) is 18.3. The Morgan fingerprint density at radius 3 is 1.71 bits per heavy atom. The Labute approximate surface area is 405 Å². The number of aromatic nitrogens is 1. The van der Waals surface area contributed by atoms with E-state index in [2.05, 4.69) is 277 Å². The van der Waals surface area contributed by atoms with E-state index < -0.39 is 0 Å². The minimum absolute atomic E-state index is 0.252. The molecule has 0 saturated carbocycles. The lowest BCUT2D eigenvalue weighted by molar-refractivity contribution is 0.628. The number of para-hydroxylation sites is 1. The van der Waals surface area contributed by atoms with Crippen molar-refractivity contribution in [2.24, 2.45) is 5.92 Å². The van der Waals surface area contributed by atoms with Gasteiger partial charge in [-0.05, 0) is 141 Å². The average Bonchev–Trinajstić information content (AvgIpc) is 3.77. The van der Waals surface area contributed by atoms with E-state index in [0.29, 0.717) is 0 Å². The van der Waals surface area contributed by atoms with Gasteiger partial charge in [0.2, 0.25) is 0 Å². The molecule has 2 nitrogen and oxygen atoms in total. The summed E-state index contributed by atoms with van der Waals surface area (Å²) in [5, 5.41) is 2.56. The Balaban J connectivity index is 0.923. The molecule has 12 rings (SSSR count). The van der Waals surface area contributed by atoms with Gasteiger partial charge in [-0.15, -0.1) is 0 Å². The minimum atomic E-state index is 0.252. The quantitative estimate of drug-likeness (QED) is 0.133. The lowest BCUT2D eigenvalue weighted by Gasteiger charge is -2.32. The van der Waals surface area contributed by atoms with Crippen LogP contribution in [-0.2, 0) is 0 Å². The number of anilines is 2. The molecule has 2 atom stereocenters. The molecule has 1 heterocycles. The summed E-state index contributed by atoms with van der Waals surface area (Å²) < 4.78 is 2.44. The molecule has 0 saturated heterocycles. The molecule has 0 aliphatic heterocycles. The van der Waals surface area contributed by atoms with Gasteiger partial charge in [0.15, 0.2) is 0 Å². The van der Waals surface area contributed by atoms with Crippen molar-refractivity contribution in [3.8, 4) is 55.6 Å². The first-order valence-corrected chi connectivity index (χ1v) is 24.3. The molecule has 2 heteroatoms. The van der Waals surface area contributed by atoms with Crippen LogP contribution in [0.15, 0.2) is 267 Å². The number of hydrogen-bond donors (Lipinski definition) is 0. The fourth-order valence-electron chi connectivity index (χ4n) is 10.7. The second-order valence-corrected chi connectivity index (χ2v) is 18.4. The van der Waals surface area contributed by atoms with Gasteiger partial charge in [-0.25, -0.2) is 0 Å². The normalized spacial score (nSPS) is 15.6. The van der Waals surface area contributed by atoms with Crippen LogP contribution in [0.1, 0.15) is 31.2 Å². The molecule has 2 unspecified atom stereocenters. The van der Waals surface area contributed by atoms with Gasteiger partial charge >= 0.3 is 0 Å². The topological polar surface area (TPSA) is 8.17 Å². The molecule has 0 bridgehead atoms. The van der Waals surface area contributed by atoms with Gasteiger partial charge in [-0.1, -0.05) is 207 Å². The van der Waals surface area contributed by atoms with E-state index in [9.17, 15) is 0 Å². The first-order valence-electron chi connectivity index (χ1n) is 24.3. The predicted octanol–water partition coefficient (Wildman–Crippen LogP) is 18.3. The number of allylic oxidation sites excluding steroid dienone is 7. The molecule has 2 aliphatic rings. The van der Waals surface area contributed by atoms with E-state index in [-0.39, 0.29) is 11.8 Å². The van der Waals surface area contributed by atoms with Crippen LogP contribution in [-0.4, -0.2) is 4.57 Å². The van der Waals surface area contributed by atoms with E-state index in [1.54, 1.807) is 0 Å². The minimum Gasteiger partial charge on any atom is -0.311 e. The molecule has 10 aromatic rings. The molecule has 0 radical (unpaired) electrons. The Bertz CT molecular complexity index is 3620. The number of rotatable bonds is 10. The maximum atomic E-state index is 2.46. The summed E-state index contributed by atoms with van der Waals surface area (Å²) in [7, 11) is 0. The Morgan fingerprint density at radius 1 is 0.435 bits per heavy atom. The van der Waals surface area contributed by atoms with Crippen molar-refractivity contribution in [1.29, 1.82) is 0 Å². The fraction of sp³-hybridized carbons (Fsp3) is 0.0746. The van der Waals surface area contributed by atoms with Gasteiger partial charge in [0.25, 0.3) is 0 Å². The van der Waals surface area contributed by atoms with Gasteiger partial charge < -0.3 is 9.47 Å². The number of hydrogen-bond acceptors (Lipinski definition) is 1. The number of fused-ring (bicyclic) bond motifs is 3. The van der Waals surface area contributed by atoms with Gasteiger partial charge in [-0.2, -0.15) is 0 Å². The van der Waals surface area contributed by atoms with E-state index in [1.807, 2.05) is 0 Å². The van der Waals surface area contributed by atoms with Gasteiger partial charge in [-0.3, -0.25) is 0 Å². The summed E-state index contributed by atoms with van der Waals surface area (Å²) in [6, 6.07) is 82.2. The third-order valence-electron chi connectivity index (χ3n) is 14.1. The summed E-state index contributed by atoms with van der Waals surface area (Å²) >= 11 is 0. The number of benzene rings is 9. The summed E-state index contributed by atoms with van der Waals surface area (Å²) in [5.41, 5.74) is 20.6. The molecule has 0 spiro atoms. The summed E-state index contributed by atoms with van der Waals surface area (Å²) in [4.78, 5) is 2.44. The predicted molar refractivity (Wildman–Crippen MR) is 293 cm³/mol. The smallest absolute Gasteiger partial charge is 0.0547 e. The van der Waals surface area contributed by atoms with Crippen molar-refractivity contribution in [3.63, 3.8) is 0 Å². The molecule has 0 fully saturated rings. The van der Waals surface area contributed by atoms with Crippen molar-refractivity contribution in [3.05, 3.63) is 272 Å². The highest BCUT2D eigenvalue weighted by atomic mass is 15.1. The van der Waals surface area contributed by atoms with Crippen molar-refractivity contribution in [1.82, 2.24) is 4.57 Å². The van der Waals surface area contributed by atoms with E-state index in [0.717, 1.165) is 29.9 Å². The summed E-state index contributed by atoms with van der Waals surface area (Å²) in [6.45, 7) is 2.35. The molecule has 9 aromatic carbocycles. The third-order valence-corrected chi connectivity index (χ3v) is 14.1. The molecule has 330 valence electrons. The lowest BCUT2D eigenvalue weighted by atomic mass is 9.82. The van der Waals surface area contributed by atoms with Crippen molar-refractivity contribution >= 4 is 38.9 Å². The lowest BCUT2D eigenvalue weighted by Crippen LogP contribution is -2.20. The first-order chi connectivity index (χ1) is 34.1. The zero-order valence-corrected chi connectivity index (χ0v) is 38.8. The van der Waals surface area contributed by atoms with Crippen molar-refractivity contribution < 1.29 is 0 Å². The highest BCUT2D eigenvalue weighted by molar-refractivity contribution is 6.16. The molecular weight excluding hydrogens is 833 g/mol. The van der Waals surface area contributed by atoms with Crippen LogP contribution >= 0.6 is 0 Å². The van der Waals surface area contributed by atoms with Crippen LogP contribution in [0.3, 0.4) is 0 Å². The van der Waals surface area contributed by atoms with E-state index >= 15 is 0 Å². The monoisotopic (exact) mass is 884 g/mol. The highest BCUT2D eigenvalue weighted by Crippen LogP contribution is 2.43. The van der Waals surface area contributed by atoms with Gasteiger partial charge in [0.1, 0.15) is 0 Å². The maximum Gasteiger partial charge on any atom is 0.0547 e. The molecule has 0 N–H and O–H groups in total. The average molecular weight is 885 g/mol. The molecule has 2 aliphatic carbocycles. The molecule has 69 heavy (non-hydrogen) atoms. The molecule has 1 aromatic heterocycles. The van der Waals surface area contributed by atoms with Crippen LogP contribution in [0.25, 0.3) is 83.1 Å². The first kappa shape index (κ1) is 41.9. The third kappa shape index (κ3) is 8.15. The Hall–Kier alpha value is -8.46. The standard InChI is InChI=1S/C67H52N2/c1-47-42-61(40-41-62(47)56-27-14-24-53(44-56)49-20-7-3-8-21-49)68(59-38-36-50(37-39-59)52-23-13-22-51(43-52)48-18-5-2-6-19-48)60-31-16-26-55(46-60)54-25-15-28-57(45-54)63-33-17-35-66-67(63)64-32-11-12-34-65(64)69(66)58-29-9-4-10-30-58/h2-3,5-9,11-47,62H,4,10H2,1H3. The maximum absolute atomic E-state index is 2.46. The van der Waals surface area contributed by atoms with Gasteiger partial charge in [0.05, 0.1) is 11.0 Å². The van der Waals surface area contributed by atoms with E-state index in [4.69, 9.17) is 0 Å². The van der Waals surface area contributed by atoms with Crippen LogP contribution in [0.5, 0.6) is 0 Å². The number of nitrogens with zero attached hydrogens (tertiary/aromatic N) is 2. The Kier molecular flexibility index (Phi) is 11.1. The highest BCUT2D eigenvalue weighted by Gasteiger charge is 2.24. The van der Waals surface area contributed by atoms with Crippen molar-refractivity contribution in [2.45, 2.75) is 25.7 Å². The van der Waals surface area contributed by atoms with Crippen LogP contribution in [0.2, 0.25) is 0 Å². The fourth-order valence-corrected chi connectivity index (χ4v) is 10.7. The summed E-state index contributed by atoms with van der Waals surface area (Å²) in [6.07, 6.45) is 16.3. The summed E-state index contributed by atoms with van der Waals surface area (Å²) in [5.74, 6) is 0.513. The van der Waals surface area contributed by atoms with Crippen LogP contribution in [0, 0.1) is 5.92 Å².